The molecular formula is C8H6O6S. The molecule has 2 N–H and O–H groups in total. The summed E-state index contributed by atoms with van der Waals surface area (Å²) in [5.41, 5.74) is -0.275. The summed E-state index contributed by atoms with van der Waals surface area (Å²) in [6.45, 7) is 0. The molecule has 0 fully saturated rings. The van der Waals surface area contributed by atoms with Crippen molar-refractivity contribution in [2.24, 2.45) is 0 Å². The van der Waals surface area contributed by atoms with Crippen LogP contribution in [0.15, 0.2) is 23.1 Å². The van der Waals surface area contributed by atoms with Crippen LogP contribution in [0, 0.1) is 0 Å². The van der Waals surface area contributed by atoms with E-state index in [1.165, 1.54) is 12.1 Å². The highest BCUT2D eigenvalue weighted by atomic mass is 32.2. The van der Waals surface area contributed by atoms with Crippen molar-refractivity contribution in [3.63, 3.8) is 0 Å². The van der Waals surface area contributed by atoms with Gasteiger partial charge in [0.05, 0.1) is 11.1 Å². The molecule has 0 radical (unpaired) electrons. The standard InChI is InChI=1S/C8H6O6S/c9-7-4-2-1-3-5(15(11,12)13)6(4)8(10)14-7/h1-3,8,10H,(H,11,12,13). The fraction of sp³-hybridized carbons (Fsp3) is 0.125. The summed E-state index contributed by atoms with van der Waals surface area (Å²) < 4.78 is 35.1. The third-order valence-corrected chi connectivity index (χ3v) is 2.94. The highest BCUT2D eigenvalue weighted by molar-refractivity contribution is 7.85. The third kappa shape index (κ3) is 1.50. The van der Waals surface area contributed by atoms with Gasteiger partial charge < -0.3 is 9.84 Å². The van der Waals surface area contributed by atoms with Crippen molar-refractivity contribution < 1.29 is 27.6 Å². The zero-order valence-corrected chi connectivity index (χ0v) is 8.06. The Hall–Kier alpha value is -1.44. The molecule has 1 aliphatic heterocycles. The molecule has 2 rings (SSSR count). The number of benzene rings is 1. The zero-order chi connectivity index (χ0) is 11.2. The van der Waals surface area contributed by atoms with Crippen molar-refractivity contribution in [2.45, 2.75) is 11.2 Å². The molecule has 1 aromatic carbocycles. The normalized spacial score (nSPS) is 19.9. The summed E-state index contributed by atoms with van der Waals surface area (Å²) in [5, 5.41) is 9.28. The maximum Gasteiger partial charge on any atom is 0.341 e. The minimum absolute atomic E-state index is 0.0578. The lowest BCUT2D eigenvalue weighted by atomic mass is 10.1. The number of aliphatic hydroxyl groups is 1. The molecular weight excluding hydrogens is 224 g/mol. The molecule has 1 heterocycles. The van der Waals surface area contributed by atoms with Gasteiger partial charge in [0, 0.05) is 0 Å². The molecule has 1 aromatic rings. The van der Waals surface area contributed by atoms with Crippen LogP contribution in [0.25, 0.3) is 0 Å². The molecule has 0 spiro atoms. The molecule has 0 aromatic heterocycles. The van der Waals surface area contributed by atoms with E-state index in [2.05, 4.69) is 4.74 Å². The lowest BCUT2D eigenvalue weighted by Crippen LogP contribution is -2.05. The smallest absolute Gasteiger partial charge is 0.341 e. The first-order valence-electron chi connectivity index (χ1n) is 3.90. The molecule has 80 valence electrons. The van der Waals surface area contributed by atoms with Crippen LogP contribution >= 0.6 is 0 Å². The molecule has 0 aliphatic carbocycles. The van der Waals surface area contributed by atoms with E-state index < -0.39 is 27.3 Å². The second-order valence-electron chi connectivity index (χ2n) is 2.95. The molecule has 0 bridgehead atoms. The number of hydrogen-bond acceptors (Lipinski definition) is 5. The van der Waals surface area contributed by atoms with Crippen molar-refractivity contribution in [3.8, 4) is 0 Å². The van der Waals surface area contributed by atoms with Crippen LogP contribution in [0.4, 0.5) is 0 Å². The van der Waals surface area contributed by atoms with E-state index in [1.54, 1.807) is 0 Å². The van der Waals surface area contributed by atoms with Gasteiger partial charge in [0.1, 0.15) is 4.90 Å². The lowest BCUT2D eigenvalue weighted by molar-refractivity contribution is -0.0561. The van der Waals surface area contributed by atoms with Gasteiger partial charge in [-0.15, -0.1) is 0 Å². The van der Waals surface area contributed by atoms with E-state index in [9.17, 15) is 18.3 Å². The van der Waals surface area contributed by atoms with E-state index in [4.69, 9.17) is 4.55 Å². The molecule has 1 aliphatic rings. The molecule has 1 atom stereocenters. The number of rotatable bonds is 1. The first-order valence-corrected chi connectivity index (χ1v) is 5.34. The number of carbonyl (C=O) groups is 1. The average Bonchev–Trinajstić information content (AvgIpc) is 2.41. The molecule has 7 heteroatoms. The van der Waals surface area contributed by atoms with Crippen LogP contribution < -0.4 is 0 Å². The van der Waals surface area contributed by atoms with Gasteiger partial charge in [0.2, 0.25) is 6.29 Å². The quantitative estimate of drug-likeness (QED) is 0.524. The second-order valence-corrected chi connectivity index (χ2v) is 4.34. The van der Waals surface area contributed by atoms with Crippen LogP contribution in [-0.2, 0) is 14.9 Å². The van der Waals surface area contributed by atoms with Crippen LogP contribution in [0.5, 0.6) is 0 Å². The summed E-state index contributed by atoms with van der Waals surface area (Å²) in [7, 11) is -4.48. The van der Waals surface area contributed by atoms with Crippen molar-refractivity contribution in [3.05, 3.63) is 29.3 Å². The predicted molar refractivity (Wildman–Crippen MR) is 46.6 cm³/mol. The molecule has 0 amide bonds. The number of cyclic esters (lactones) is 1. The third-order valence-electron chi connectivity index (χ3n) is 2.03. The number of carbonyl (C=O) groups excluding carboxylic acids is 1. The maximum absolute atomic E-state index is 11.1. The Labute approximate surface area is 84.9 Å². The Bertz CT molecular complexity index is 532. The SMILES string of the molecule is O=C1OC(O)c2c1cccc2S(=O)(=O)O. The Morgan fingerprint density at radius 3 is 2.60 bits per heavy atom. The van der Waals surface area contributed by atoms with Gasteiger partial charge in [-0.25, -0.2) is 4.79 Å². The predicted octanol–water partition coefficient (Wildman–Crippen LogP) is 0.0946. The molecule has 0 saturated heterocycles. The summed E-state index contributed by atoms with van der Waals surface area (Å²) in [6, 6.07) is 3.67. The van der Waals surface area contributed by atoms with Gasteiger partial charge in [-0.2, -0.15) is 8.42 Å². The van der Waals surface area contributed by atoms with Gasteiger partial charge in [-0.3, -0.25) is 4.55 Å². The Balaban J connectivity index is 2.77. The monoisotopic (exact) mass is 230 g/mol. The average molecular weight is 230 g/mol. The van der Waals surface area contributed by atoms with E-state index >= 15 is 0 Å². The van der Waals surface area contributed by atoms with Crippen molar-refractivity contribution in [1.82, 2.24) is 0 Å². The fourth-order valence-corrected chi connectivity index (χ4v) is 2.16. The first kappa shape index (κ1) is 10.1. The molecule has 6 nitrogen and oxygen atoms in total. The van der Waals surface area contributed by atoms with E-state index in [-0.39, 0.29) is 11.1 Å². The topological polar surface area (TPSA) is 101 Å². The zero-order valence-electron chi connectivity index (χ0n) is 7.25. The molecule has 0 saturated carbocycles. The largest absolute Gasteiger partial charge is 0.428 e. The summed E-state index contributed by atoms with van der Waals surface area (Å²) in [6.07, 6.45) is -1.65. The Morgan fingerprint density at radius 1 is 1.33 bits per heavy atom. The fourth-order valence-electron chi connectivity index (χ4n) is 1.43. The summed E-state index contributed by atoms with van der Waals surface area (Å²) in [5.74, 6) is -0.817. The van der Waals surface area contributed by atoms with E-state index in [0.717, 1.165) is 6.07 Å². The minimum atomic E-state index is -4.48. The van der Waals surface area contributed by atoms with Crippen LogP contribution in [0.2, 0.25) is 0 Å². The highest BCUT2D eigenvalue weighted by Crippen LogP contribution is 2.33. The van der Waals surface area contributed by atoms with Crippen molar-refractivity contribution in [2.75, 3.05) is 0 Å². The van der Waals surface area contributed by atoms with Gasteiger partial charge in [0.15, 0.2) is 0 Å². The lowest BCUT2D eigenvalue weighted by Gasteiger charge is -2.05. The van der Waals surface area contributed by atoms with Crippen molar-refractivity contribution in [1.29, 1.82) is 0 Å². The van der Waals surface area contributed by atoms with E-state index in [1.807, 2.05) is 0 Å². The van der Waals surface area contributed by atoms with Crippen LogP contribution in [-0.4, -0.2) is 24.0 Å². The van der Waals surface area contributed by atoms with Crippen LogP contribution in [0.1, 0.15) is 22.2 Å². The van der Waals surface area contributed by atoms with Gasteiger partial charge in [-0.1, -0.05) is 6.07 Å². The number of fused-ring (bicyclic) bond motifs is 1. The minimum Gasteiger partial charge on any atom is -0.428 e. The van der Waals surface area contributed by atoms with Gasteiger partial charge in [0.25, 0.3) is 10.1 Å². The second kappa shape index (κ2) is 3.02. The van der Waals surface area contributed by atoms with Crippen molar-refractivity contribution >= 4 is 16.1 Å². The highest BCUT2D eigenvalue weighted by Gasteiger charge is 2.35. The molecule has 1 unspecified atom stereocenters. The maximum atomic E-state index is 11.1. The summed E-state index contributed by atoms with van der Waals surface area (Å²) in [4.78, 5) is 10.6. The van der Waals surface area contributed by atoms with E-state index in [0.29, 0.717) is 0 Å². The summed E-state index contributed by atoms with van der Waals surface area (Å²) >= 11 is 0. The molecule has 15 heavy (non-hydrogen) atoms. The first-order chi connectivity index (χ1) is 6.91. The van der Waals surface area contributed by atoms with Crippen LogP contribution in [0.3, 0.4) is 0 Å². The number of esters is 1. The van der Waals surface area contributed by atoms with Gasteiger partial charge in [-0.05, 0) is 12.1 Å². The van der Waals surface area contributed by atoms with Gasteiger partial charge >= 0.3 is 5.97 Å². The number of aliphatic hydroxyl groups excluding tert-OH is 1. The number of ether oxygens (including phenoxy) is 1. The number of hydrogen-bond donors (Lipinski definition) is 2. The Morgan fingerprint density at radius 2 is 2.00 bits per heavy atom. The Kier molecular flexibility index (Phi) is 2.03.